The summed E-state index contributed by atoms with van der Waals surface area (Å²) < 4.78 is 12.4. The van der Waals surface area contributed by atoms with Crippen molar-refractivity contribution in [2.45, 2.75) is 32.7 Å². The van der Waals surface area contributed by atoms with Crippen LogP contribution in [0.15, 0.2) is 0 Å². The van der Waals surface area contributed by atoms with Crippen LogP contribution >= 0.6 is 22.9 Å². The molecular weight excluding hydrogens is 313 g/mol. The van der Waals surface area contributed by atoms with Gasteiger partial charge in [-0.05, 0) is 20.3 Å². The molecule has 0 aromatic carbocycles. The van der Waals surface area contributed by atoms with E-state index in [1.165, 1.54) is 0 Å². The van der Waals surface area contributed by atoms with Gasteiger partial charge in [-0.3, -0.25) is 9.59 Å². The Balaban J connectivity index is 3.89. The first-order valence-electron chi connectivity index (χ1n) is 4.84. The van der Waals surface area contributed by atoms with Gasteiger partial charge in [0.05, 0.1) is 13.2 Å². The van der Waals surface area contributed by atoms with Crippen LogP contribution in [0.1, 0.15) is 26.7 Å². The van der Waals surface area contributed by atoms with E-state index < -0.39 is 6.04 Å². The Labute approximate surface area is 103 Å². The number of carbonyl (C=O) groups is 2. The van der Waals surface area contributed by atoms with Gasteiger partial charge in [-0.15, -0.1) is 0 Å². The Bertz CT molecular complexity index is 210. The van der Waals surface area contributed by atoms with E-state index in [2.05, 4.69) is 3.53 Å². The highest BCUT2D eigenvalue weighted by Gasteiger charge is 2.19. The van der Waals surface area contributed by atoms with Crippen molar-refractivity contribution in [3.8, 4) is 0 Å². The molecule has 0 aliphatic carbocycles. The molecule has 0 spiro atoms. The summed E-state index contributed by atoms with van der Waals surface area (Å²) in [5.74, 6) is -0.630. The third kappa shape index (κ3) is 6.67. The van der Waals surface area contributed by atoms with E-state index in [1.54, 1.807) is 13.8 Å². The molecule has 0 saturated heterocycles. The van der Waals surface area contributed by atoms with Gasteiger partial charge in [-0.2, -0.15) is 0 Å². The zero-order chi connectivity index (χ0) is 11.7. The number of halogens is 1. The number of rotatable bonds is 7. The van der Waals surface area contributed by atoms with Gasteiger partial charge in [0, 0.05) is 29.3 Å². The second-order valence-corrected chi connectivity index (χ2v) is 3.38. The van der Waals surface area contributed by atoms with Crippen LogP contribution in [0.3, 0.4) is 0 Å². The van der Waals surface area contributed by atoms with E-state index in [-0.39, 0.29) is 18.4 Å². The summed E-state index contributed by atoms with van der Waals surface area (Å²) in [6, 6.07) is -0.449. The molecule has 0 heterocycles. The van der Waals surface area contributed by atoms with Gasteiger partial charge in [-0.1, -0.05) is 0 Å². The minimum atomic E-state index is -0.449. The highest BCUT2D eigenvalue weighted by atomic mass is 127. The molecule has 5 nitrogen and oxygen atoms in total. The van der Waals surface area contributed by atoms with Crippen molar-refractivity contribution >= 4 is 34.8 Å². The molecular formula is C9H16INO4. The molecule has 0 saturated carbocycles. The fourth-order valence-electron chi connectivity index (χ4n) is 0.955. The topological polar surface area (TPSA) is 64.6 Å². The van der Waals surface area contributed by atoms with E-state index in [4.69, 9.17) is 9.47 Å². The van der Waals surface area contributed by atoms with E-state index >= 15 is 0 Å². The van der Waals surface area contributed by atoms with Gasteiger partial charge in [0.2, 0.25) is 0 Å². The van der Waals surface area contributed by atoms with Crippen molar-refractivity contribution in [3.05, 3.63) is 0 Å². The van der Waals surface area contributed by atoms with Crippen LogP contribution < -0.4 is 3.53 Å². The Hall–Kier alpha value is -0.370. The maximum atomic E-state index is 11.3. The van der Waals surface area contributed by atoms with Crippen molar-refractivity contribution in [2.24, 2.45) is 0 Å². The lowest BCUT2D eigenvalue weighted by molar-refractivity contribution is -0.146. The minimum Gasteiger partial charge on any atom is -0.466 e. The summed E-state index contributed by atoms with van der Waals surface area (Å²) in [4.78, 5) is 22.3. The number of carbonyl (C=O) groups excluding carboxylic acids is 2. The molecule has 0 fully saturated rings. The van der Waals surface area contributed by atoms with E-state index in [0.717, 1.165) is 0 Å². The molecule has 0 aliphatic heterocycles. The highest BCUT2D eigenvalue weighted by Crippen LogP contribution is 2.03. The molecule has 0 aromatic heterocycles. The number of esters is 2. The van der Waals surface area contributed by atoms with Gasteiger partial charge in [-0.25, -0.2) is 3.53 Å². The van der Waals surface area contributed by atoms with Crippen LogP contribution in [0.4, 0.5) is 0 Å². The van der Waals surface area contributed by atoms with Crippen LogP contribution in [0.25, 0.3) is 0 Å². The molecule has 6 heteroatoms. The fraction of sp³-hybridized carbons (Fsp3) is 0.778. The van der Waals surface area contributed by atoms with E-state index in [1.807, 2.05) is 22.9 Å². The largest absolute Gasteiger partial charge is 0.466 e. The van der Waals surface area contributed by atoms with Gasteiger partial charge in [0.25, 0.3) is 0 Å². The third-order valence-corrected chi connectivity index (χ3v) is 2.40. The Morgan fingerprint density at radius 3 is 2.33 bits per heavy atom. The Kier molecular flexibility index (Phi) is 8.68. The zero-order valence-electron chi connectivity index (χ0n) is 8.92. The standard InChI is InChI=1S/C9H16INO4/c1-3-14-8(12)6-5-7(11-10)9(13)15-4-2/h7,11H,3-6H2,1-2H3/t7-/m0/s1. The van der Waals surface area contributed by atoms with Crippen molar-refractivity contribution in [3.63, 3.8) is 0 Å². The minimum absolute atomic E-state index is 0.216. The monoisotopic (exact) mass is 329 g/mol. The average molecular weight is 329 g/mol. The van der Waals surface area contributed by atoms with Gasteiger partial charge in [0.1, 0.15) is 6.04 Å². The third-order valence-electron chi connectivity index (χ3n) is 1.65. The second-order valence-electron chi connectivity index (χ2n) is 2.76. The number of hydrogen-bond acceptors (Lipinski definition) is 5. The van der Waals surface area contributed by atoms with Gasteiger partial charge >= 0.3 is 11.9 Å². The maximum absolute atomic E-state index is 11.3. The first kappa shape index (κ1) is 14.6. The molecule has 88 valence electrons. The van der Waals surface area contributed by atoms with Crippen molar-refractivity contribution in [2.75, 3.05) is 13.2 Å². The molecule has 0 aliphatic rings. The maximum Gasteiger partial charge on any atom is 0.323 e. The van der Waals surface area contributed by atoms with Crippen molar-refractivity contribution in [1.29, 1.82) is 0 Å². The second kappa shape index (κ2) is 8.90. The number of nitrogens with one attached hydrogen (secondary N) is 1. The average Bonchev–Trinajstić information content (AvgIpc) is 2.19. The number of hydrogen-bond donors (Lipinski definition) is 1. The summed E-state index contributed by atoms with van der Waals surface area (Å²) in [7, 11) is 0. The van der Waals surface area contributed by atoms with Crippen LogP contribution in [0.5, 0.6) is 0 Å². The lowest BCUT2D eigenvalue weighted by Gasteiger charge is -2.12. The molecule has 0 rings (SSSR count). The first-order chi connectivity index (χ1) is 7.15. The molecule has 1 atom stereocenters. The zero-order valence-corrected chi connectivity index (χ0v) is 11.1. The first-order valence-corrected chi connectivity index (χ1v) is 5.91. The van der Waals surface area contributed by atoms with Gasteiger partial charge in [0.15, 0.2) is 0 Å². The molecule has 0 aromatic rings. The molecule has 1 N–H and O–H groups in total. The smallest absolute Gasteiger partial charge is 0.323 e. The molecule has 15 heavy (non-hydrogen) atoms. The lowest BCUT2D eigenvalue weighted by atomic mass is 10.2. The van der Waals surface area contributed by atoms with Crippen LogP contribution in [0.2, 0.25) is 0 Å². The summed E-state index contributed by atoms with van der Waals surface area (Å²) in [5.41, 5.74) is 0. The summed E-state index contributed by atoms with van der Waals surface area (Å²) in [6.07, 6.45) is 0.605. The Morgan fingerprint density at radius 2 is 1.87 bits per heavy atom. The predicted octanol–water partition coefficient (Wildman–Crippen LogP) is 1.20. The number of ether oxygens (including phenoxy) is 2. The lowest BCUT2D eigenvalue weighted by Crippen LogP contribution is -2.33. The SMILES string of the molecule is CCOC(=O)CC[C@H](NI)C(=O)OCC. The van der Waals surface area contributed by atoms with Crippen LogP contribution in [0, 0.1) is 0 Å². The molecule has 0 radical (unpaired) electrons. The van der Waals surface area contributed by atoms with Crippen molar-refractivity contribution < 1.29 is 19.1 Å². The van der Waals surface area contributed by atoms with Gasteiger partial charge < -0.3 is 9.47 Å². The van der Waals surface area contributed by atoms with Crippen LogP contribution in [-0.2, 0) is 19.1 Å². The normalized spacial score (nSPS) is 11.9. The van der Waals surface area contributed by atoms with Crippen molar-refractivity contribution in [1.82, 2.24) is 3.53 Å². The van der Waals surface area contributed by atoms with E-state index in [0.29, 0.717) is 19.6 Å². The Morgan fingerprint density at radius 1 is 1.27 bits per heavy atom. The molecule has 0 amide bonds. The quantitative estimate of drug-likeness (QED) is 0.432. The predicted molar refractivity (Wildman–Crippen MR) is 63.4 cm³/mol. The molecule has 0 bridgehead atoms. The summed E-state index contributed by atoms with van der Waals surface area (Å²) >= 11 is 1.87. The van der Waals surface area contributed by atoms with Crippen LogP contribution in [-0.4, -0.2) is 31.2 Å². The fourth-order valence-corrected chi connectivity index (χ4v) is 1.52. The molecule has 0 unspecified atom stereocenters. The summed E-state index contributed by atoms with van der Waals surface area (Å²) in [5, 5.41) is 0. The highest BCUT2D eigenvalue weighted by molar-refractivity contribution is 14.1. The summed E-state index contributed by atoms with van der Waals surface area (Å²) in [6.45, 7) is 4.19. The van der Waals surface area contributed by atoms with E-state index in [9.17, 15) is 9.59 Å².